The van der Waals surface area contributed by atoms with E-state index in [1.807, 2.05) is 6.92 Å². The molecule has 6 atom stereocenters. The Morgan fingerprint density at radius 2 is 2.04 bits per heavy atom. The smallest absolute Gasteiger partial charge is 0.302 e. The molecule has 2 fully saturated rings. The van der Waals surface area contributed by atoms with Crippen molar-refractivity contribution >= 4 is 11.8 Å². The summed E-state index contributed by atoms with van der Waals surface area (Å²) in [6.45, 7) is 3.39. The van der Waals surface area contributed by atoms with Crippen molar-refractivity contribution < 1.29 is 19.1 Å². The van der Waals surface area contributed by atoms with Gasteiger partial charge in [-0.2, -0.15) is 0 Å². The van der Waals surface area contributed by atoms with Gasteiger partial charge in [0.25, 0.3) is 0 Å². The van der Waals surface area contributed by atoms with Crippen molar-refractivity contribution in [3.63, 3.8) is 0 Å². The minimum absolute atomic E-state index is 0.275. The summed E-state index contributed by atoms with van der Waals surface area (Å²) in [6.07, 6.45) is 11.1. The number of esters is 1. The van der Waals surface area contributed by atoms with E-state index in [9.17, 15) is 9.59 Å². The van der Waals surface area contributed by atoms with Crippen molar-refractivity contribution in [3.8, 4) is 0 Å². The van der Waals surface area contributed by atoms with E-state index in [2.05, 4.69) is 12.2 Å². The summed E-state index contributed by atoms with van der Waals surface area (Å²) in [7, 11) is 1.76. The number of ketones is 1. The number of carbonyl (C=O) groups is 2. The van der Waals surface area contributed by atoms with E-state index in [0.717, 1.165) is 44.3 Å². The molecule has 0 aromatic rings. The van der Waals surface area contributed by atoms with Crippen LogP contribution in [0.25, 0.3) is 0 Å². The second-order valence-corrected chi connectivity index (χ2v) is 8.63. The second kappa shape index (κ2) is 6.54. The van der Waals surface area contributed by atoms with Gasteiger partial charge in [-0.1, -0.05) is 6.08 Å². The van der Waals surface area contributed by atoms with Crippen molar-refractivity contribution in [1.82, 2.24) is 0 Å². The van der Waals surface area contributed by atoms with Crippen LogP contribution in [0.4, 0.5) is 0 Å². The molecule has 2 saturated carbocycles. The molecule has 0 heterocycles. The highest BCUT2D eigenvalue weighted by Crippen LogP contribution is 2.61. The fraction of sp³-hybridized carbons (Fsp3) is 0.727. The van der Waals surface area contributed by atoms with E-state index >= 15 is 0 Å². The number of hydrogen-bond donors (Lipinski definition) is 0. The van der Waals surface area contributed by atoms with Crippen molar-refractivity contribution in [2.45, 2.75) is 64.9 Å². The lowest BCUT2D eigenvalue weighted by Crippen LogP contribution is -2.53. The first kappa shape index (κ1) is 17.8. The van der Waals surface area contributed by atoms with Gasteiger partial charge in [-0.05, 0) is 74.3 Å². The van der Waals surface area contributed by atoms with Gasteiger partial charge in [0.15, 0.2) is 0 Å². The van der Waals surface area contributed by atoms with Gasteiger partial charge in [0.2, 0.25) is 0 Å². The number of fused-ring (bicyclic) bond motifs is 5. The van der Waals surface area contributed by atoms with Gasteiger partial charge in [-0.15, -0.1) is 0 Å². The molecule has 1 unspecified atom stereocenters. The summed E-state index contributed by atoms with van der Waals surface area (Å²) in [5, 5.41) is 0. The molecule has 4 heteroatoms. The molecule has 0 amide bonds. The van der Waals surface area contributed by atoms with Crippen LogP contribution in [0.1, 0.15) is 58.8 Å². The zero-order chi connectivity index (χ0) is 18.5. The number of Topliss-reactive ketones (excluding diaryl/α,β-unsaturated/α-hetero) is 1. The molecule has 0 aliphatic heterocycles. The second-order valence-electron chi connectivity index (χ2n) is 8.63. The van der Waals surface area contributed by atoms with Crippen LogP contribution < -0.4 is 0 Å². The minimum atomic E-state index is -0.444. The molecule has 0 aromatic carbocycles. The van der Waals surface area contributed by atoms with E-state index in [1.165, 1.54) is 12.5 Å². The Labute approximate surface area is 156 Å². The number of allylic oxidation sites excluding steroid dienone is 4. The predicted octanol–water partition coefficient (Wildman–Crippen LogP) is 4.20. The quantitative estimate of drug-likeness (QED) is 0.710. The maximum absolute atomic E-state index is 13.0. The fourth-order valence-electron chi connectivity index (χ4n) is 6.68. The zero-order valence-corrected chi connectivity index (χ0v) is 16.1. The highest BCUT2D eigenvalue weighted by Gasteiger charge is 2.61. The maximum Gasteiger partial charge on any atom is 0.302 e. The Morgan fingerprint density at radius 3 is 2.77 bits per heavy atom. The predicted molar refractivity (Wildman–Crippen MR) is 98.1 cm³/mol. The molecule has 0 spiro atoms. The Hall–Kier alpha value is -1.58. The van der Waals surface area contributed by atoms with Gasteiger partial charge in [0.05, 0.1) is 18.3 Å². The van der Waals surface area contributed by atoms with E-state index < -0.39 is 5.41 Å². The standard InChI is InChI=1S/C22H30O4/c1-13(26-14(2)23)22-11-10-18-17-7-5-16(25-3)12-15(17)4-6-19(18)20(22)8-9-21(22)24/h4,12-13,17-20H,5-11H2,1-3H3/t13?,17-,18+,19+,20-,22+/m0/s1. The van der Waals surface area contributed by atoms with E-state index in [-0.39, 0.29) is 12.1 Å². The summed E-state index contributed by atoms with van der Waals surface area (Å²) < 4.78 is 11.0. The largest absolute Gasteiger partial charge is 0.501 e. The van der Waals surface area contributed by atoms with Crippen molar-refractivity contribution in [1.29, 1.82) is 0 Å². The SMILES string of the molecule is COC1=CC2=CC[C@@H]3[C@H](CC[C@]4(C(C)OC(C)=O)C(=O)CC[C@@H]34)[C@H]2CC1. The maximum atomic E-state index is 13.0. The summed E-state index contributed by atoms with van der Waals surface area (Å²) in [5.74, 6) is 3.30. The van der Waals surface area contributed by atoms with Gasteiger partial charge in [-0.3, -0.25) is 9.59 Å². The normalized spacial score (nSPS) is 39.7. The number of ether oxygens (including phenoxy) is 2. The Bertz CT molecular complexity index is 676. The number of rotatable bonds is 3. The third-order valence-electron chi connectivity index (χ3n) is 7.75. The summed E-state index contributed by atoms with van der Waals surface area (Å²) in [4.78, 5) is 24.5. The molecule has 4 nitrogen and oxygen atoms in total. The lowest BCUT2D eigenvalue weighted by Gasteiger charge is -2.53. The summed E-state index contributed by atoms with van der Waals surface area (Å²) in [5.41, 5.74) is 1.000. The van der Waals surface area contributed by atoms with Crippen LogP contribution >= 0.6 is 0 Å². The van der Waals surface area contributed by atoms with Gasteiger partial charge >= 0.3 is 5.97 Å². The summed E-state index contributed by atoms with van der Waals surface area (Å²) >= 11 is 0. The van der Waals surface area contributed by atoms with Crippen LogP contribution in [0, 0.1) is 29.1 Å². The first-order chi connectivity index (χ1) is 12.5. The minimum Gasteiger partial charge on any atom is -0.501 e. The Balaban J connectivity index is 1.64. The zero-order valence-electron chi connectivity index (χ0n) is 16.1. The van der Waals surface area contributed by atoms with Crippen LogP contribution in [0.3, 0.4) is 0 Å². The van der Waals surface area contributed by atoms with Crippen molar-refractivity contribution in [2.75, 3.05) is 7.11 Å². The van der Waals surface area contributed by atoms with E-state index in [0.29, 0.717) is 35.9 Å². The molecule has 26 heavy (non-hydrogen) atoms. The summed E-state index contributed by atoms with van der Waals surface area (Å²) in [6, 6.07) is 0. The lowest BCUT2D eigenvalue weighted by atomic mass is 9.52. The number of carbonyl (C=O) groups excluding carboxylic acids is 2. The van der Waals surface area contributed by atoms with Crippen molar-refractivity contribution in [3.05, 3.63) is 23.5 Å². The van der Waals surface area contributed by atoms with Crippen molar-refractivity contribution in [2.24, 2.45) is 29.1 Å². The van der Waals surface area contributed by atoms with Crippen LogP contribution in [-0.2, 0) is 19.1 Å². The van der Waals surface area contributed by atoms with Gasteiger partial charge in [-0.25, -0.2) is 0 Å². The third-order valence-corrected chi connectivity index (χ3v) is 7.75. The molecular weight excluding hydrogens is 328 g/mol. The highest BCUT2D eigenvalue weighted by molar-refractivity contribution is 5.88. The lowest BCUT2D eigenvalue weighted by molar-refractivity contribution is -0.164. The molecule has 4 rings (SSSR count). The van der Waals surface area contributed by atoms with E-state index in [4.69, 9.17) is 9.47 Å². The van der Waals surface area contributed by atoms with Gasteiger partial charge < -0.3 is 9.47 Å². The van der Waals surface area contributed by atoms with Gasteiger partial charge in [0.1, 0.15) is 11.9 Å². The first-order valence-electron chi connectivity index (χ1n) is 10.1. The molecule has 0 N–H and O–H groups in total. The number of hydrogen-bond acceptors (Lipinski definition) is 4. The monoisotopic (exact) mass is 358 g/mol. The average molecular weight is 358 g/mol. The Morgan fingerprint density at radius 1 is 1.23 bits per heavy atom. The molecular formula is C22H30O4. The van der Waals surface area contributed by atoms with Gasteiger partial charge in [0, 0.05) is 19.8 Å². The molecule has 142 valence electrons. The van der Waals surface area contributed by atoms with Crippen LogP contribution in [0.15, 0.2) is 23.5 Å². The molecule has 4 aliphatic rings. The first-order valence-corrected chi connectivity index (χ1v) is 10.1. The third kappa shape index (κ3) is 2.56. The van der Waals surface area contributed by atoms with Crippen LogP contribution in [0.2, 0.25) is 0 Å². The molecule has 0 bridgehead atoms. The van der Waals surface area contributed by atoms with Crippen LogP contribution in [-0.4, -0.2) is 25.0 Å². The average Bonchev–Trinajstić information content (AvgIpc) is 2.98. The Kier molecular flexibility index (Phi) is 4.48. The molecule has 4 aliphatic carbocycles. The number of methoxy groups -OCH3 is 1. The highest BCUT2D eigenvalue weighted by atomic mass is 16.5. The molecule has 0 aromatic heterocycles. The molecule has 0 radical (unpaired) electrons. The molecule has 0 saturated heterocycles. The fourth-order valence-corrected chi connectivity index (χ4v) is 6.68. The van der Waals surface area contributed by atoms with Crippen LogP contribution in [0.5, 0.6) is 0 Å². The van der Waals surface area contributed by atoms with E-state index in [1.54, 1.807) is 7.11 Å². The topological polar surface area (TPSA) is 52.6 Å².